The smallest absolute Gasteiger partial charge is 0.0411 e. The molecule has 1 aromatic carbocycles. The zero-order valence-corrected chi connectivity index (χ0v) is 12.5. The predicted molar refractivity (Wildman–Crippen MR) is 83.1 cm³/mol. The molecule has 0 saturated carbocycles. The minimum absolute atomic E-state index is 0.665. The van der Waals surface area contributed by atoms with Gasteiger partial charge in [0.05, 0.1) is 0 Å². The Morgan fingerprint density at radius 3 is 2.74 bits per heavy atom. The summed E-state index contributed by atoms with van der Waals surface area (Å²) in [7, 11) is -0.665. The summed E-state index contributed by atoms with van der Waals surface area (Å²) in [5.41, 5.74) is 2.72. The molecule has 3 nitrogen and oxygen atoms in total. The van der Waals surface area contributed by atoms with E-state index in [1.165, 1.54) is 37.2 Å². The van der Waals surface area contributed by atoms with Crippen molar-refractivity contribution in [3.8, 4) is 0 Å². The highest BCUT2D eigenvalue weighted by molar-refractivity contribution is 7.84. The second-order valence-corrected chi connectivity index (χ2v) is 6.80. The number of benzene rings is 1. The largest absolute Gasteiger partial charge is 0.371 e. The van der Waals surface area contributed by atoms with Crippen molar-refractivity contribution >= 4 is 16.5 Å². The molecule has 4 heteroatoms. The number of para-hydroxylation sites is 1. The minimum atomic E-state index is -0.665. The van der Waals surface area contributed by atoms with Crippen LogP contribution in [0.25, 0.3) is 0 Å². The highest BCUT2D eigenvalue weighted by Crippen LogP contribution is 2.24. The van der Waals surface area contributed by atoms with E-state index in [0.717, 1.165) is 24.6 Å². The first kappa shape index (κ1) is 14.5. The van der Waals surface area contributed by atoms with Crippen LogP contribution in [0.5, 0.6) is 0 Å². The molecule has 1 unspecified atom stereocenters. The van der Waals surface area contributed by atoms with E-state index in [0.29, 0.717) is 0 Å². The van der Waals surface area contributed by atoms with Gasteiger partial charge in [-0.2, -0.15) is 0 Å². The summed E-state index contributed by atoms with van der Waals surface area (Å²) >= 11 is 0. The lowest BCUT2D eigenvalue weighted by atomic mass is 10.1. The van der Waals surface area contributed by atoms with E-state index in [4.69, 9.17) is 0 Å². The third-order valence-corrected chi connectivity index (χ3v) is 4.89. The summed E-state index contributed by atoms with van der Waals surface area (Å²) in [5.74, 6) is 1.51. The van der Waals surface area contributed by atoms with Crippen LogP contribution in [0, 0.1) is 0 Å². The van der Waals surface area contributed by atoms with Crippen molar-refractivity contribution < 1.29 is 4.21 Å². The summed E-state index contributed by atoms with van der Waals surface area (Å²) < 4.78 is 11.4. The molecule has 1 aliphatic heterocycles. The van der Waals surface area contributed by atoms with Crippen LogP contribution in [0.4, 0.5) is 5.69 Å². The van der Waals surface area contributed by atoms with E-state index in [9.17, 15) is 4.21 Å². The van der Waals surface area contributed by atoms with Gasteiger partial charge >= 0.3 is 0 Å². The number of nitrogens with one attached hydrogen (secondary N) is 1. The molecule has 0 aromatic heterocycles. The van der Waals surface area contributed by atoms with E-state index in [-0.39, 0.29) is 0 Å². The molecule has 0 spiro atoms. The van der Waals surface area contributed by atoms with Gasteiger partial charge in [-0.3, -0.25) is 4.21 Å². The van der Waals surface area contributed by atoms with Gasteiger partial charge in [0.1, 0.15) is 0 Å². The molecule has 1 heterocycles. The van der Waals surface area contributed by atoms with Crippen LogP contribution in [0.3, 0.4) is 0 Å². The van der Waals surface area contributed by atoms with Crippen LogP contribution in [0.2, 0.25) is 0 Å². The van der Waals surface area contributed by atoms with Crippen molar-refractivity contribution in [1.29, 1.82) is 0 Å². The summed E-state index contributed by atoms with van der Waals surface area (Å²) in [5, 5.41) is 3.41. The maximum atomic E-state index is 11.4. The van der Waals surface area contributed by atoms with E-state index >= 15 is 0 Å². The standard InChI is InChI=1S/C15H24N2OS/c1-2-19(18)12-9-16-13-14-7-3-4-8-15(14)17-10-5-6-11-17/h3-4,7-8,16H,2,5-6,9-13H2,1H3. The average molecular weight is 280 g/mol. The Kier molecular flexibility index (Phi) is 5.86. The Hall–Kier alpha value is -0.870. The molecule has 1 atom stereocenters. The SMILES string of the molecule is CCS(=O)CCNCc1ccccc1N1CCCC1. The van der Waals surface area contributed by atoms with Crippen LogP contribution < -0.4 is 10.2 Å². The zero-order valence-electron chi connectivity index (χ0n) is 11.7. The number of hydrogen-bond acceptors (Lipinski definition) is 3. The van der Waals surface area contributed by atoms with Gasteiger partial charge in [-0.15, -0.1) is 0 Å². The van der Waals surface area contributed by atoms with Crippen LogP contribution >= 0.6 is 0 Å². The molecule has 2 rings (SSSR count). The monoisotopic (exact) mass is 280 g/mol. The molecule has 0 radical (unpaired) electrons. The molecule has 0 amide bonds. The lowest BCUT2D eigenvalue weighted by molar-refractivity contribution is 0.673. The molecule has 1 aliphatic rings. The predicted octanol–water partition coefficient (Wildman–Crippen LogP) is 2.14. The van der Waals surface area contributed by atoms with Gasteiger partial charge in [0.2, 0.25) is 0 Å². The zero-order chi connectivity index (χ0) is 13.5. The number of rotatable bonds is 7. The third kappa shape index (κ3) is 4.32. The highest BCUT2D eigenvalue weighted by Gasteiger charge is 2.14. The van der Waals surface area contributed by atoms with Crippen molar-refractivity contribution in [2.75, 3.05) is 36.0 Å². The molecule has 0 bridgehead atoms. The summed E-state index contributed by atoms with van der Waals surface area (Å²) in [4.78, 5) is 2.47. The molecular formula is C15H24N2OS. The van der Waals surface area contributed by atoms with E-state index in [1.807, 2.05) is 6.92 Å². The number of nitrogens with zero attached hydrogens (tertiary/aromatic N) is 1. The van der Waals surface area contributed by atoms with Crippen LogP contribution in [-0.2, 0) is 17.3 Å². The topological polar surface area (TPSA) is 32.3 Å². The average Bonchev–Trinajstić information content (AvgIpc) is 2.97. The van der Waals surface area contributed by atoms with E-state index in [2.05, 4.69) is 34.5 Å². The summed E-state index contributed by atoms with van der Waals surface area (Å²) in [6, 6.07) is 8.62. The maximum Gasteiger partial charge on any atom is 0.0411 e. The van der Waals surface area contributed by atoms with Gasteiger partial charge < -0.3 is 10.2 Å². The lowest BCUT2D eigenvalue weighted by Crippen LogP contribution is -2.24. The third-order valence-electron chi connectivity index (χ3n) is 3.58. The first-order valence-electron chi connectivity index (χ1n) is 7.20. The van der Waals surface area contributed by atoms with E-state index in [1.54, 1.807) is 0 Å². The second kappa shape index (κ2) is 7.65. The maximum absolute atomic E-state index is 11.4. The van der Waals surface area contributed by atoms with Crippen molar-refractivity contribution in [1.82, 2.24) is 5.32 Å². The van der Waals surface area contributed by atoms with Crippen LogP contribution in [0.1, 0.15) is 25.3 Å². The Labute approximate surface area is 118 Å². The van der Waals surface area contributed by atoms with Gasteiger partial charge in [0.25, 0.3) is 0 Å². The fourth-order valence-corrected chi connectivity index (χ4v) is 3.14. The Bertz CT molecular complexity index is 416. The molecule has 19 heavy (non-hydrogen) atoms. The molecule has 106 valence electrons. The van der Waals surface area contributed by atoms with Crippen molar-refractivity contribution in [2.24, 2.45) is 0 Å². The summed E-state index contributed by atoms with van der Waals surface area (Å²) in [6.07, 6.45) is 2.61. The Morgan fingerprint density at radius 1 is 1.26 bits per heavy atom. The fraction of sp³-hybridized carbons (Fsp3) is 0.600. The van der Waals surface area contributed by atoms with Gasteiger partial charge in [-0.05, 0) is 24.5 Å². The fourth-order valence-electron chi connectivity index (χ4n) is 2.48. The van der Waals surface area contributed by atoms with Crippen molar-refractivity contribution in [3.05, 3.63) is 29.8 Å². The van der Waals surface area contributed by atoms with E-state index < -0.39 is 10.8 Å². The number of anilines is 1. The summed E-state index contributed by atoms with van der Waals surface area (Å²) in [6.45, 7) is 6.02. The highest BCUT2D eigenvalue weighted by atomic mass is 32.2. The van der Waals surface area contributed by atoms with Crippen LogP contribution in [0.15, 0.2) is 24.3 Å². The Balaban J connectivity index is 1.87. The molecule has 1 N–H and O–H groups in total. The first-order valence-corrected chi connectivity index (χ1v) is 8.68. The quantitative estimate of drug-likeness (QED) is 0.777. The van der Waals surface area contributed by atoms with Gasteiger partial charge in [0, 0.05) is 54.2 Å². The molecular weight excluding hydrogens is 256 g/mol. The van der Waals surface area contributed by atoms with Gasteiger partial charge in [0.15, 0.2) is 0 Å². The Morgan fingerprint density at radius 2 is 2.00 bits per heavy atom. The lowest BCUT2D eigenvalue weighted by Gasteiger charge is -2.21. The van der Waals surface area contributed by atoms with Crippen molar-refractivity contribution in [2.45, 2.75) is 26.3 Å². The normalized spacial score (nSPS) is 16.8. The van der Waals surface area contributed by atoms with Crippen molar-refractivity contribution in [3.63, 3.8) is 0 Å². The molecule has 1 fully saturated rings. The first-order chi connectivity index (χ1) is 9.31. The number of hydrogen-bond donors (Lipinski definition) is 1. The molecule has 0 aliphatic carbocycles. The van der Waals surface area contributed by atoms with Gasteiger partial charge in [-0.1, -0.05) is 25.1 Å². The molecule has 1 saturated heterocycles. The van der Waals surface area contributed by atoms with Gasteiger partial charge in [-0.25, -0.2) is 0 Å². The van der Waals surface area contributed by atoms with Crippen LogP contribution in [-0.4, -0.2) is 35.3 Å². The molecule has 1 aromatic rings. The minimum Gasteiger partial charge on any atom is -0.371 e. The second-order valence-electron chi connectivity index (χ2n) is 4.93.